The summed E-state index contributed by atoms with van der Waals surface area (Å²) in [4.78, 5) is 75.3. The average Bonchev–Trinajstić information content (AvgIpc) is 3.75. The summed E-state index contributed by atoms with van der Waals surface area (Å²) in [6, 6.07) is 8.21. The number of urea groups is 1. The van der Waals surface area contributed by atoms with Crippen molar-refractivity contribution in [2.45, 2.75) is 57.5 Å². The number of nitrogens with zero attached hydrogens (tertiary/aromatic N) is 6. The summed E-state index contributed by atoms with van der Waals surface area (Å²) >= 11 is 0. The van der Waals surface area contributed by atoms with Crippen molar-refractivity contribution < 1.29 is 33.8 Å². The average molecular weight is 811 g/mol. The Balaban J connectivity index is 0.827. The van der Waals surface area contributed by atoms with Gasteiger partial charge in [0.1, 0.15) is 23.8 Å². The van der Waals surface area contributed by atoms with Crippen LogP contribution in [0, 0.1) is 5.41 Å². The third-order valence-corrected chi connectivity index (χ3v) is 12.7. The SMILES string of the molecule is COc1cc(-c2cn(C)c(=O)c3c2CCN(C(=O)NCCCN2CCC4(C2)CN(c2ccc5c(c2)C(=O)N(C2CCC(O)NC2=O)C5=O)C4)C3)cc(OC)c1CN(C)C. The van der Waals surface area contributed by atoms with Crippen molar-refractivity contribution in [3.05, 3.63) is 74.7 Å². The zero-order valence-electron chi connectivity index (χ0n) is 34.5. The number of aryl methyl sites for hydroxylation is 1. The highest BCUT2D eigenvalue weighted by Crippen LogP contribution is 2.43. The molecule has 0 bridgehead atoms. The van der Waals surface area contributed by atoms with Gasteiger partial charge in [0, 0.05) is 74.7 Å². The first-order valence-corrected chi connectivity index (χ1v) is 20.4. The van der Waals surface area contributed by atoms with Gasteiger partial charge < -0.3 is 49.4 Å². The molecule has 3 fully saturated rings. The Hall–Kier alpha value is -5.45. The van der Waals surface area contributed by atoms with E-state index in [4.69, 9.17) is 9.47 Å². The van der Waals surface area contributed by atoms with E-state index in [-0.39, 0.29) is 36.4 Å². The molecule has 3 N–H and O–H groups in total. The quantitative estimate of drug-likeness (QED) is 0.191. The lowest BCUT2D eigenvalue weighted by Gasteiger charge is -2.49. The van der Waals surface area contributed by atoms with Crippen molar-refractivity contribution in [2.24, 2.45) is 12.5 Å². The number of likely N-dealkylation sites (tertiary alicyclic amines) is 1. The number of carbonyl (C=O) groups excluding carboxylic acids is 4. The van der Waals surface area contributed by atoms with Crippen molar-refractivity contribution in [1.82, 2.24) is 34.8 Å². The molecule has 8 rings (SSSR count). The number of fused-ring (bicyclic) bond motifs is 2. The lowest BCUT2D eigenvalue weighted by Crippen LogP contribution is -2.57. The summed E-state index contributed by atoms with van der Waals surface area (Å²) in [5, 5.41) is 15.3. The maximum absolute atomic E-state index is 13.4. The van der Waals surface area contributed by atoms with Crippen LogP contribution in [0.5, 0.6) is 11.5 Å². The molecule has 2 unspecified atom stereocenters. The summed E-state index contributed by atoms with van der Waals surface area (Å²) in [6.07, 6.45) is 3.79. The molecule has 16 nitrogen and oxygen atoms in total. The second-order valence-electron chi connectivity index (χ2n) is 17.0. The Morgan fingerprint density at radius 3 is 2.37 bits per heavy atom. The van der Waals surface area contributed by atoms with E-state index < -0.39 is 30.0 Å². The number of ether oxygens (including phenoxy) is 2. The Kier molecular flexibility index (Phi) is 10.9. The number of hydrogen-bond donors (Lipinski definition) is 3. The highest BCUT2D eigenvalue weighted by molar-refractivity contribution is 6.23. The number of methoxy groups -OCH3 is 2. The van der Waals surface area contributed by atoms with Gasteiger partial charge in [0.15, 0.2) is 0 Å². The van der Waals surface area contributed by atoms with Crippen LogP contribution in [0.1, 0.15) is 63.1 Å². The maximum Gasteiger partial charge on any atom is 0.317 e. The van der Waals surface area contributed by atoms with Crippen LogP contribution in [-0.4, -0.2) is 139 Å². The molecule has 3 aromatic rings. The number of rotatable bonds is 11. The minimum Gasteiger partial charge on any atom is -0.496 e. The van der Waals surface area contributed by atoms with Gasteiger partial charge in [-0.15, -0.1) is 0 Å². The van der Waals surface area contributed by atoms with Crippen LogP contribution in [-0.2, 0) is 31.4 Å². The normalized spacial score (nSPS) is 21.1. The van der Waals surface area contributed by atoms with Crippen LogP contribution in [0.4, 0.5) is 10.5 Å². The van der Waals surface area contributed by atoms with Gasteiger partial charge in [-0.1, -0.05) is 0 Å². The van der Waals surface area contributed by atoms with Gasteiger partial charge in [0.2, 0.25) is 5.91 Å². The van der Waals surface area contributed by atoms with E-state index in [1.807, 2.05) is 38.5 Å². The van der Waals surface area contributed by atoms with Crippen molar-refractivity contribution in [3.8, 4) is 22.6 Å². The van der Waals surface area contributed by atoms with Crippen molar-refractivity contribution in [3.63, 3.8) is 0 Å². The van der Waals surface area contributed by atoms with E-state index in [9.17, 15) is 29.1 Å². The number of aliphatic hydroxyl groups is 1. The topological polar surface area (TPSA) is 169 Å². The van der Waals surface area contributed by atoms with Gasteiger partial charge in [-0.05, 0) is 101 Å². The third-order valence-electron chi connectivity index (χ3n) is 12.7. The maximum atomic E-state index is 13.4. The first-order valence-electron chi connectivity index (χ1n) is 20.4. The zero-order valence-corrected chi connectivity index (χ0v) is 34.5. The number of amides is 5. The molecule has 1 aromatic heterocycles. The van der Waals surface area contributed by atoms with E-state index >= 15 is 0 Å². The third kappa shape index (κ3) is 7.53. The molecule has 1 spiro atoms. The van der Waals surface area contributed by atoms with Crippen molar-refractivity contribution in [1.29, 1.82) is 0 Å². The van der Waals surface area contributed by atoms with Crippen LogP contribution in [0.3, 0.4) is 0 Å². The number of nitrogens with one attached hydrogen (secondary N) is 2. The molecule has 314 valence electrons. The minimum absolute atomic E-state index is 0.110. The van der Waals surface area contributed by atoms with E-state index in [2.05, 4.69) is 25.3 Å². The number of aromatic nitrogens is 1. The molecule has 0 aliphatic carbocycles. The van der Waals surface area contributed by atoms with Gasteiger partial charge in [-0.25, -0.2) is 4.79 Å². The van der Waals surface area contributed by atoms with Gasteiger partial charge in [0.25, 0.3) is 17.4 Å². The molecule has 16 heteroatoms. The molecule has 5 amide bonds. The number of imide groups is 1. The molecule has 3 saturated heterocycles. The van der Waals surface area contributed by atoms with Crippen LogP contribution in [0.15, 0.2) is 41.3 Å². The Morgan fingerprint density at radius 2 is 1.68 bits per heavy atom. The fourth-order valence-electron chi connectivity index (χ4n) is 9.62. The predicted molar refractivity (Wildman–Crippen MR) is 220 cm³/mol. The molecular formula is C43H54N8O8. The summed E-state index contributed by atoms with van der Waals surface area (Å²) in [5.74, 6) is -0.0396. The monoisotopic (exact) mass is 810 g/mol. The molecule has 0 saturated carbocycles. The summed E-state index contributed by atoms with van der Waals surface area (Å²) in [6.45, 7) is 6.34. The van der Waals surface area contributed by atoms with Crippen LogP contribution in [0.2, 0.25) is 0 Å². The van der Waals surface area contributed by atoms with Crippen LogP contribution < -0.4 is 30.6 Å². The Morgan fingerprint density at radius 1 is 0.949 bits per heavy atom. The zero-order chi connectivity index (χ0) is 41.7. The fraction of sp³-hybridized carbons (Fsp3) is 0.512. The molecule has 6 heterocycles. The van der Waals surface area contributed by atoms with Crippen molar-refractivity contribution >= 4 is 29.4 Å². The van der Waals surface area contributed by atoms with E-state index in [1.54, 1.807) is 42.9 Å². The first kappa shape index (κ1) is 40.3. The molecule has 5 aliphatic heterocycles. The van der Waals surface area contributed by atoms with Gasteiger partial charge in [-0.2, -0.15) is 0 Å². The molecule has 2 atom stereocenters. The molecule has 59 heavy (non-hydrogen) atoms. The standard InChI is InChI=1S/C43H54N8O8/c1-46(2)20-33-35(58-4)17-26(18-36(33)59-5)31-21-47(3)39(54)32-22-49(15-11-28(31)32)42(57)44-13-6-14-48-16-12-43(23-48)24-50(25-43)27-7-8-29-30(19-27)41(56)51(40(29)55)34-9-10-37(52)45-38(34)53/h7-8,17-19,21,34,37,52H,6,9-16,20,22-25H2,1-5H3,(H,44,57)(H,45,53). The number of pyridine rings is 1. The number of benzene rings is 2. The Labute approximate surface area is 343 Å². The molecule has 0 radical (unpaired) electrons. The summed E-state index contributed by atoms with van der Waals surface area (Å²) in [7, 11) is 9.01. The lowest BCUT2D eigenvalue weighted by atomic mass is 9.78. The summed E-state index contributed by atoms with van der Waals surface area (Å²) < 4.78 is 13.2. The minimum atomic E-state index is -0.967. The lowest BCUT2D eigenvalue weighted by molar-refractivity contribution is -0.131. The predicted octanol–water partition coefficient (Wildman–Crippen LogP) is 1.99. The highest BCUT2D eigenvalue weighted by atomic mass is 16.5. The van der Waals surface area contributed by atoms with E-state index in [0.29, 0.717) is 54.2 Å². The van der Waals surface area contributed by atoms with Crippen molar-refractivity contribution in [2.75, 3.05) is 79.0 Å². The van der Waals surface area contributed by atoms with Crippen LogP contribution in [0.25, 0.3) is 11.1 Å². The first-order chi connectivity index (χ1) is 28.3. The second kappa shape index (κ2) is 16.0. The fourth-order valence-corrected chi connectivity index (χ4v) is 9.62. The van der Waals surface area contributed by atoms with Gasteiger partial charge >= 0.3 is 6.03 Å². The highest BCUT2D eigenvalue weighted by Gasteiger charge is 2.49. The number of hydrogen-bond acceptors (Lipinski definition) is 11. The molecular weight excluding hydrogens is 757 g/mol. The van der Waals surface area contributed by atoms with Gasteiger partial charge in [-0.3, -0.25) is 24.1 Å². The largest absolute Gasteiger partial charge is 0.496 e. The second-order valence-corrected chi connectivity index (χ2v) is 17.0. The number of anilines is 1. The number of aliphatic hydroxyl groups excluding tert-OH is 1. The summed E-state index contributed by atoms with van der Waals surface area (Å²) in [5.41, 5.74) is 5.85. The van der Waals surface area contributed by atoms with E-state index in [0.717, 1.165) is 78.4 Å². The Bertz CT molecular complexity index is 2230. The number of piperidine rings is 1. The van der Waals surface area contributed by atoms with Crippen LogP contribution >= 0.6 is 0 Å². The number of carbonyl (C=O) groups is 4. The van der Waals surface area contributed by atoms with E-state index in [1.165, 1.54) is 0 Å². The molecule has 5 aliphatic rings. The smallest absolute Gasteiger partial charge is 0.317 e. The van der Waals surface area contributed by atoms with Gasteiger partial charge in [0.05, 0.1) is 37.5 Å². The molecule has 2 aromatic carbocycles.